The predicted molar refractivity (Wildman–Crippen MR) is 88.8 cm³/mol. The molecule has 1 heterocycles. The number of nitrogens with zero attached hydrogens (tertiary/aromatic N) is 3. The first-order valence-electron chi connectivity index (χ1n) is 6.64. The topological polar surface area (TPSA) is 55.2 Å². The Morgan fingerprint density at radius 1 is 1.32 bits per heavy atom. The fraction of sp³-hybridized carbons (Fsp3) is 0.188. The Bertz CT molecular complexity index is 766. The molecule has 0 amide bonds. The zero-order chi connectivity index (χ0) is 16.1. The molecule has 0 N–H and O–H groups in total. The van der Waals surface area contributed by atoms with Crippen molar-refractivity contribution in [2.45, 2.75) is 4.90 Å². The molecule has 1 aromatic heterocycles. The maximum absolute atomic E-state index is 12.1. The molecule has 114 valence electrons. The SMILES string of the molecule is CSc1cccc(-n2ccc(=O)c(C(=O)/C=C/N(C)C)n2)c1. The Hall–Kier alpha value is -2.34. The number of hydrogen-bond acceptors (Lipinski definition) is 5. The molecule has 0 aliphatic rings. The average molecular weight is 315 g/mol. The molecule has 0 fully saturated rings. The van der Waals surface area contributed by atoms with Crippen molar-refractivity contribution in [2.75, 3.05) is 20.4 Å². The highest BCUT2D eigenvalue weighted by Gasteiger charge is 2.11. The molecule has 0 saturated carbocycles. The highest BCUT2D eigenvalue weighted by atomic mass is 32.2. The molecule has 0 radical (unpaired) electrons. The van der Waals surface area contributed by atoms with Gasteiger partial charge in [-0.05, 0) is 24.5 Å². The molecule has 1 aromatic carbocycles. The number of benzene rings is 1. The van der Waals surface area contributed by atoms with E-state index in [9.17, 15) is 9.59 Å². The molecule has 0 aliphatic heterocycles. The van der Waals surface area contributed by atoms with Gasteiger partial charge in [-0.3, -0.25) is 9.59 Å². The van der Waals surface area contributed by atoms with E-state index in [0.717, 1.165) is 10.6 Å². The van der Waals surface area contributed by atoms with Gasteiger partial charge in [-0.2, -0.15) is 5.10 Å². The van der Waals surface area contributed by atoms with Crippen LogP contribution in [0.5, 0.6) is 0 Å². The second kappa shape index (κ2) is 7.09. The Kier molecular flexibility index (Phi) is 5.16. The maximum Gasteiger partial charge on any atom is 0.211 e. The molecular formula is C16H17N3O2S. The zero-order valence-electron chi connectivity index (χ0n) is 12.7. The van der Waals surface area contributed by atoms with Gasteiger partial charge < -0.3 is 4.90 Å². The van der Waals surface area contributed by atoms with Crippen LogP contribution in [0.3, 0.4) is 0 Å². The molecule has 0 bridgehead atoms. The monoisotopic (exact) mass is 315 g/mol. The van der Waals surface area contributed by atoms with Gasteiger partial charge in [0.1, 0.15) is 0 Å². The number of ketones is 1. The Labute approximate surface area is 133 Å². The van der Waals surface area contributed by atoms with Gasteiger partial charge in [0.2, 0.25) is 11.2 Å². The number of thioether (sulfide) groups is 1. The standard InChI is InChI=1S/C16H17N3O2S/c1-18(2)9-7-14(20)16-15(21)8-10-19(17-16)12-5-4-6-13(11-12)22-3/h4-11H,1-3H3/b9-7+. The number of rotatable bonds is 5. The summed E-state index contributed by atoms with van der Waals surface area (Å²) in [7, 11) is 3.60. The van der Waals surface area contributed by atoms with E-state index in [0.29, 0.717) is 0 Å². The van der Waals surface area contributed by atoms with Crippen molar-refractivity contribution in [1.82, 2.24) is 14.7 Å². The number of carbonyl (C=O) groups is 1. The van der Waals surface area contributed by atoms with Crippen molar-refractivity contribution in [3.8, 4) is 5.69 Å². The van der Waals surface area contributed by atoms with Crippen LogP contribution in [0, 0.1) is 0 Å². The van der Waals surface area contributed by atoms with Crippen molar-refractivity contribution in [2.24, 2.45) is 0 Å². The van der Waals surface area contributed by atoms with E-state index in [-0.39, 0.29) is 11.1 Å². The van der Waals surface area contributed by atoms with Crippen LogP contribution in [0.25, 0.3) is 5.69 Å². The minimum absolute atomic E-state index is 0.0878. The first-order valence-corrected chi connectivity index (χ1v) is 7.87. The van der Waals surface area contributed by atoms with Crippen LogP contribution in [0.15, 0.2) is 58.5 Å². The molecule has 22 heavy (non-hydrogen) atoms. The van der Waals surface area contributed by atoms with Crippen LogP contribution >= 0.6 is 11.8 Å². The molecule has 6 heteroatoms. The van der Waals surface area contributed by atoms with Crippen LogP contribution < -0.4 is 5.43 Å². The molecule has 2 aromatic rings. The van der Waals surface area contributed by atoms with Crippen molar-refractivity contribution >= 4 is 17.5 Å². The zero-order valence-corrected chi connectivity index (χ0v) is 13.5. The van der Waals surface area contributed by atoms with E-state index in [1.54, 1.807) is 43.2 Å². The first kappa shape index (κ1) is 16.0. The summed E-state index contributed by atoms with van der Waals surface area (Å²) < 4.78 is 1.54. The minimum Gasteiger partial charge on any atom is -0.383 e. The Balaban J connectivity index is 2.42. The third-order valence-corrected chi connectivity index (χ3v) is 3.61. The number of allylic oxidation sites excluding steroid dienone is 1. The average Bonchev–Trinajstić information content (AvgIpc) is 2.53. The van der Waals surface area contributed by atoms with Crippen LogP contribution in [0.1, 0.15) is 10.5 Å². The van der Waals surface area contributed by atoms with Crippen molar-refractivity contribution in [3.63, 3.8) is 0 Å². The largest absolute Gasteiger partial charge is 0.383 e. The van der Waals surface area contributed by atoms with Gasteiger partial charge in [0, 0.05) is 43.5 Å². The molecule has 0 unspecified atom stereocenters. The second-order valence-electron chi connectivity index (χ2n) is 4.82. The molecule has 0 saturated heterocycles. The summed E-state index contributed by atoms with van der Waals surface area (Å²) >= 11 is 1.62. The Morgan fingerprint density at radius 3 is 2.77 bits per heavy atom. The maximum atomic E-state index is 12.1. The van der Waals surface area contributed by atoms with Gasteiger partial charge in [0.15, 0.2) is 5.69 Å². The lowest BCUT2D eigenvalue weighted by Crippen LogP contribution is -2.20. The summed E-state index contributed by atoms with van der Waals surface area (Å²) in [5.74, 6) is -0.408. The number of aromatic nitrogens is 2. The summed E-state index contributed by atoms with van der Waals surface area (Å²) in [4.78, 5) is 26.8. The third-order valence-electron chi connectivity index (χ3n) is 2.88. The van der Waals surface area contributed by atoms with Crippen LogP contribution in [0.4, 0.5) is 0 Å². The normalized spacial score (nSPS) is 10.9. The van der Waals surface area contributed by atoms with Crippen LogP contribution in [0.2, 0.25) is 0 Å². The molecule has 0 spiro atoms. The fourth-order valence-corrected chi connectivity index (χ4v) is 2.22. The van der Waals surface area contributed by atoms with E-state index in [1.165, 1.54) is 16.8 Å². The smallest absolute Gasteiger partial charge is 0.211 e. The lowest BCUT2D eigenvalue weighted by molar-refractivity contribution is 0.103. The quantitative estimate of drug-likeness (QED) is 0.481. The van der Waals surface area contributed by atoms with Gasteiger partial charge in [0.05, 0.1) is 5.69 Å². The van der Waals surface area contributed by atoms with Crippen LogP contribution in [-0.4, -0.2) is 40.8 Å². The summed E-state index contributed by atoms with van der Waals surface area (Å²) in [5.41, 5.74) is 0.332. The molecule has 0 aliphatic carbocycles. The molecule has 5 nitrogen and oxygen atoms in total. The summed E-state index contributed by atoms with van der Waals surface area (Å²) in [6.07, 6.45) is 6.48. The van der Waals surface area contributed by atoms with E-state index < -0.39 is 5.78 Å². The van der Waals surface area contributed by atoms with Crippen molar-refractivity contribution in [1.29, 1.82) is 0 Å². The molecule has 2 rings (SSSR count). The van der Waals surface area contributed by atoms with E-state index in [1.807, 2.05) is 30.5 Å². The van der Waals surface area contributed by atoms with E-state index in [4.69, 9.17) is 0 Å². The minimum atomic E-state index is -0.408. The lowest BCUT2D eigenvalue weighted by atomic mass is 10.2. The first-order chi connectivity index (χ1) is 10.5. The molecular weight excluding hydrogens is 298 g/mol. The highest BCUT2D eigenvalue weighted by Crippen LogP contribution is 2.17. The summed E-state index contributed by atoms with van der Waals surface area (Å²) in [6.45, 7) is 0. The van der Waals surface area contributed by atoms with Crippen molar-refractivity contribution < 1.29 is 4.79 Å². The second-order valence-corrected chi connectivity index (χ2v) is 5.70. The molecule has 0 atom stereocenters. The van der Waals surface area contributed by atoms with Gasteiger partial charge in [-0.15, -0.1) is 11.8 Å². The predicted octanol–water partition coefficient (Wildman–Crippen LogP) is 2.21. The Morgan fingerprint density at radius 2 is 2.09 bits per heavy atom. The van der Waals surface area contributed by atoms with Gasteiger partial charge >= 0.3 is 0 Å². The van der Waals surface area contributed by atoms with E-state index in [2.05, 4.69) is 5.10 Å². The number of carbonyl (C=O) groups excluding carboxylic acids is 1. The van der Waals surface area contributed by atoms with Crippen LogP contribution in [-0.2, 0) is 0 Å². The van der Waals surface area contributed by atoms with E-state index >= 15 is 0 Å². The lowest BCUT2D eigenvalue weighted by Gasteiger charge is -2.07. The van der Waals surface area contributed by atoms with Crippen molar-refractivity contribution in [3.05, 3.63) is 64.7 Å². The summed E-state index contributed by atoms with van der Waals surface area (Å²) in [5, 5.41) is 4.17. The van der Waals surface area contributed by atoms with Gasteiger partial charge in [0.25, 0.3) is 0 Å². The van der Waals surface area contributed by atoms with Gasteiger partial charge in [-0.25, -0.2) is 4.68 Å². The third kappa shape index (κ3) is 3.85. The highest BCUT2D eigenvalue weighted by molar-refractivity contribution is 7.98. The number of hydrogen-bond donors (Lipinski definition) is 0. The fourth-order valence-electron chi connectivity index (χ4n) is 1.77. The summed E-state index contributed by atoms with van der Waals surface area (Å²) in [6, 6.07) is 9.08. The van der Waals surface area contributed by atoms with Gasteiger partial charge in [-0.1, -0.05) is 6.07 Å².